The first kappa shape index (κ1) is 15.4. The molecule has 5 atom stereocenters. The molecule has 1 heterocycles. The molecule has 1 aliphatic rings. The predicted molar refractivity (Wildman–Crippen MR) is 69.9 cm³/mol. The summed E-state index contributed by atoms with van der Waals surface area (Å²) in [5.74, 6) is 0. The van der Waals surface area contributed by atoms with E-state index in [4.69, 9.17) is 14.6 Å². The fraction of sp³-hybridized carbons (Fsp3) is 0.571. The van der Waals surface area contributed by atoms with Crippen molar-refractivity contribution in [1.29, 1.82) is 0 Å². The molecule has 0 amide bonds. The van der Waals surface area contributed by atoms with Crippen molar-refractivity contribution in [2.75, 3.05) is 13.2 Å². The minimum Gasteiger partial charge on any atom is -0.394 e. The zero-order valence-corrected chi connectivity index (χ0v) is 11.0. The molecule has 6 heteroatoms. The summed E-state index contributed by atoms with van der Waals surface area (Å²) in [5.41, 5.74) is 1.09. The Bertz CT molecular complexity index is 398. The third-order valence-electron chi connectivity index (χ3n) is 3.34. The van der Waals surface area contributed by atoms with Gasteiger partial charge in [-0.05, 0) is 12.0 Å². The summed E-state index contributed by atoms with van der Waals surface area (Å²) in [6, 6.07) is 9.69. The van der Waals surface area contributed by atoms with Crippen molar-refractivity contribution in [3.05, 3.63) is 35.9 Å². The quantitative estimate of drug-likeness (QED) is 0.537. The van der Waals surface area contributed by atoms with Crippen LogP contribution in [0.2, 0.25) is 0 Å². The summed E-state index contributed by atoms with van der Waals surface area (Å²) in [7, 11) is 0. The van der Waals surface area contributed by atoms with Crippen molar-refractivity contribution in [2.24, 2.45) is 0 Å². The minimum absolute atomic E-state index is 0.320. The second-order valence-electron chi connectivity index (χ2n) is 4.81. The van der Waals surface area contributed by atoms with Gasteiger partial charge in [0.25, 0.3) is 0 Å². The molecular formula is C14H20O6. The highest BCUT2D eigenvalue weighted by molar-refractivity contribution is 5.14. The van der Waals surface area contributed by atoms with E-state index in [9.17, 15) is 15.3 Å². The SMILES string of the molecule is OC[C@@H](O)[C@@H]1O[C@@H](OCCc2ccccc2)[C@H](O)[C@H]1O. The Morgan fingerprint density at radius 2 is 1.85 bits per heavy atom. The molecule has 0 aromatic heterocycles. The van der Waals surface area contributed by atoms with Gasteiger partial charge in [0.15, 0.2) is 6.29 Å². The molecule has 0 radical (unpaired) electrons. The second-order valence-corrected chi connectivity index (χ2v) is 4.81. The van der Waals surface area contributed by atoms with E-state index in [1.54, 1.807) is 0 Å². The molecule has 1 saturated heterocycles. The Hall–Kier alpha value is -1.02. The summed E-state index contributed by atoms with van der Waals surface area (Å²) in [6.07, 6.45) is -5.16. The molecule has 1 fully saturated rings. The Morgan fingerprint density at radius 1 is 1.15 bits per heavy atom. The lowest BCUT2D eigenvalue weighted by molar-refractivity contribution is -0.180. The highest BCUT2D eigenvalue weighted by atomic mass is 16.7. The third kappa shape index (κ3) is 3.54. The molecule has 20 heavy (non-hydrogen) atoms. The molecule has 4 N–H and O–H groups in total. The summed E-state index contributed by atoms with van der Waals surface area (Å²) in [4.78, 5) is 0. The van der Waals surface area contributed by atoms with Crippen LogP contribution in [-0.2, 0) is 15.9 Å². The zero-order valence-electron chi connectivity index (χ0n) is 11.0. The monoisotopic (exact) mass is 284 g/mol. The molecule has 1 aromatic carbocycles. The fourth-order valence-corrected chi connectivity index (χ4v) is 2.17. The van der Waals surface area contributed by atoms with Crippen molar-refractivity contribution in [3.8, 4) is 0 Å². The molecule has 112 valence electrons. The van der Waals surface area contributed by atoms with Crippen LogP contribution in [0, 0.1) is 0 Å². The van der Waals surface area contributed by atoms with Gasteiger partial charge in [-0.1, -0.05) is 30.3 Å². The molecule has 2 rings (SSSR count). The number of hydrogen-bond donors (Lipinski definition) is 4. The molecule has 1 aromatic rings. The van der Waals surface area contributed by atoms with Crippen LogP contribution in [0.25, 0.3) is 0 Å². The number of rotatable bonds is 6. The van der Waals surface area contributed by atoms with Crippen LogP contribution in [0.4, 0.5) is 0 Å². The highest BCUT2D eigenvalue weighted by Crippen LogP contribution is 2.24. The zero-order chi connectivity index (χ0) is 14.5. The minimum atomic E-state index is -1.28. The van der Waals surface area contributed by atoms with Gasteiger partial charge in [0.2, 0.25) is 0 Å². The van der Waals surface area contributed by atoms with Crippen LogP contribution in [0.3, 0.4) is 0 Å². The van der Waals surface area contributed by atoms with Crippen molar-refractivity contribution in [1.82, 2.24) is 0 Å². The fourth-order valence-electron chi connectivity index (χ4n) is 2.17. The summed E-state index contributed by atoms with van der Waals surface area (Å²) >= 11 is 0. The Morgan fingerprint density at radius 3 is 2.50 bits per heavy atom. The van der Waals surface area contributed by atoms with E-state index >= 15 is 0 Å². The number of hydrogen-bond acceptors (Lipinski definition) is 6. The number of ether oxygens (including phenoxy) is 2. The van der Waals surface area contributed by atoms with Gasteiger partial charge >= 0.3 is 0 Å². The molecule has 0 aliphatic carbocycles. The first-order chi connectivity index (χ1) is 9.63. The Kier molecular flexibility index (Phi) is 5.47. The summed E-state index contributed by atoms with van der Waals surface area (Å²) in [6.45, 7) is -0.231. The van der Waals surface area contributed by atoms with Crippen LogP contribution in [0.1, 0.15) is 5.56 Å². The van der Waals surface area contributed by atoms with Crippen LogP contribution in [-0.4, -0.2) is 64.3 Å². The van der Waals surface area contributed by atoms with E-state index in [-0.39, 0.29) is 0 Å². The molecular weight excluding hydrogens is 264 g/mol. The van der Waals surface area contributed by atoms with Gasteiger partial charge in [-0.15, -0.1) is 0 Å². The summed E-state index contributed by atoms with van der Waals surface area (Å²) in [5, 5.41) is 37.8. The lowest BCUT2D eigenvalue weighted by atomic mass is 10.1. The third-order valence-corrected chi connectivity index (χ3v) is 3.34. The smallest absolute Gasteiger partial charge is 0.186 e. The molecule has 0 spiro atoms. The molecule has 1 aliphatic heterocycles. The number of aliphatic hydroxyl groups is 4. The van der Waals surface area contributed by atoms with E-state index in [0.717, 1.165) is 5.56 Å². The Balaban J connectivity index is 1.81. The van der Waals surface area contributed by atoms with E-state index < -0.39 is 37.3 Å². The lowest BCUT2D eigenvalue weighted by Crippen LogP contribution is -2.40. The van der Waals surface area contributed by atoms with Gasteiger partial charge in [-0.3, -0.25) is 0 Å². The molecule has 0 saturated carbocycles. The van der Waals surface area contributed by atoms with Crippen LogP contribution in [0.15, 0.2) is 30.3 Å². The topological polar surface area (TPSA) is 99.4 Å². The highest BCUT2D eigenvalue weighted by Gasteiger charge is 2.46. The van der Waals surface area contributed by atoms with Crippen molar-refractivity contribution >= 4 is 0 Å². The molecule has 6 nitrogen and oxygen atoms in total. The lowest BCUT2D eigenvalue weighted by Gasteiger charge is -2.18. The summed E-state index contributed by atoms with van der Waals surface area (Å²) < 4.78 is 10.6. The molecule has 0 unspecified atom stereocenters. The largest absolute Gasteiger partial charge is 0.394 e. The maximum atomic E-state index is 9.78. The van der Waals surface area contributed by atoms with E-state index in [2.05, 4.69) is 0 Å². The van der Waals surface area contributed by atoms with Gasteiger partial charge in [0, 0.05) is 0 Å². The number of aliphatic hydroxyl groups excluding tert-OH is 4. The standard InChI is InChI=1S/C14H20O6/c15-8-10(16)13-11(17)12(18)14(20-13)19-7-6-9-4-2-1-3-5-9/h1-5,10-18H,6-8H2/t10-,11-,12-,13+,14-/m1/s1. The van der Waals surface area contributed by atoms with Gasteiger partial charge in [0.1, 0.15) is 24.4 Å². The van der Waals surface area contributed by atoms with Gasteiger partial charge < -0.3 is 29.9 Å². The van der Waals surface area contributed by atoms with Gasteiger partial charge in [-0.25, -0.2) is 0 Å². The van der Waals surface area contributed by atoms with Crippen LogP contribution < -0.4 is 0 Å². The van der Waals surface area contributed by atoms with E-state index in [1.807, 2.05) is 30.3 Å². The van der Waals surface area contributed by atoms with Crippen molar-refractivity contribution < 1.29 is 29.9 Å². The molecule has 0 bridgehead atoms. The normalized spacial score (nSPS) is 31.4. The second kappa shape index (κ2) is 7.12. The predicted octanol–water partition coefficient (Wildman–Crippen LogP) is -0.954. The van der Waals surface area contributed by atoms with Crippen LogP contribution >= 0.6 is 0 Å². The van der Waals surface area contributed by atoms with Gasteiger partial charge in [-0.2, -0.15) is 0 Å². The first-order valence-electron chi connectivity index (χ1n) is 6.59. The first-order valence-corrected chi connectivity index (χ1v) is 6.59. The maximum Gasteiger partial charge on any atom is 0.186 e. The average molecular weight is 284 g/mol. The maximum absolute atomic E-state index is 9.78. The Labute approximate surface area is 117 Å². The van der Waals surface area contributed by atoms with Crippen molar-refractivity contribution in [3.63, 3.8) is 0 Å². The average Bonchev–Trinajstić information content (AvgIpc) is 2.76. The van der Waals surface area contributed by atoms with Gasteiger partial charge in [0.05, 0.1) is 13.2 Å². The van der Waals surface area contributed by atoms with E-state index in [1.165, 1.54) is 0 Å². The van der Waals surface area contributed by atoms with E-state index in [0.29, 0.717) is 13.0 Å². The van der Waals surface area contributed by atoms with Crippen molar-refractivity contribution in [2.45, 2.75) is 37.1 Å². The van der Waals surface area contributed by atoms with Crippen LogP contribution in [0.5, 0.6) is 0 Å². The number of benzene rings is 1.